The maximum atomic E-state index is 13.1. The van der Waals surface area contributed by atoms with Gasteiger partial charge in [-0.05, 0) is 41.8 Å². The summed E-state index contributed by atoms with van der Waals surface area (Å²) in [5.41, 5.74) is 2.11. The highest BCUT2D eigenvalue weighted by atomic mass is 35.5. The van der Waals surface area contributed by atoms with E-state index >= 15 is 0 Å². The third kappa shape index (κ3) is 3.91. The van der Waals surface area contributed by atoms with Crippen LogP contribution in [0.3, 0.4) is 0 Å². The van der Waals surface area contributed by atoms with Gasteiger partial charge in [-0.25, -0.2) is 4.90 Å². The minimum atomic E-state index is -0.999. The lowest BCUT2D eigenvalue weighted by molar-refractivity contribution is -0.123. The quantitative estimate of drug-likeness (QED) is 0.672. The summed E-state index contributed by atoms with van der Waals surface area (Å²) in [5.74, 6) is -0.587. The third-order valence-electron chi connectivity index (χ3n) is 5.42. The van der Waals surface area contributed by atoms with Crippen molar-refractivity contribution in [1.29, 1.82) is 0 Å². The minimum Gasteiger partial charge on any atom is -0.495 e. The summed E-state index contributed by atoms with van der Waals surface area (Å²) in [5, 5.41) is 12.1. The van der Waals surface area contributed by atoms with Gasteiger partial charge in [0.2, 0.25) is 5.91 Å². The molecule has 0 radical (unpaired) electrons. The van der Waals surface area contributed by atoms with E-state index in [1.807, 2.05) is 24.3 Å². The monoisotopic (exact) mass is 455 g/mol. The molecule has 0 unspecified atom stereocenters. The van der Waals surface area contributed by atoms with Crippen molar-refractivity contribution in [1.82, 2.24) is 5.01 Å². The number of nitrogens with one attached hydrogen (secondary N) is 1. The third-order valence-corrected chi connectivity index (χ3v) is 5.71. The summed E-state index contributed by atoms with van der Waals surface area (Å²) in [6.07, 6.45) is 0. The van der Waals surface area contributed by atoms with Crippen molar-refractivity contribution in [2.75, 3.05) is 23.9 Å². The average Bonchev–Trinajstić information content (AvgIpc) is 3.27. The average molecular weight is 456 g/mol. The molecular weight excluding hydrogens is 434 g/mol. The first kappa shape index (κ1) is 21.8. The molecule has 3 amide bonds. The van der Waals surface area contributed by atoms with Crippen LogP contribution in [0.15, 0.2) is 52.8 Å². The standard InChI is InChI=1S/C22H22ClN5O4/c1-12(2)13-4-6-14(7-5-13)24-18(29)11-27-20-19(25-26-27)21(30)28(22(20)31)15-8-9-17(32-3)16(23)10-15/h4-10,12,19-20H,11H2,1-3H3,(H,24,29)/t19-,20-/m1/s1. The first-order valence-corrected chi connectivity index (χ1v) is 10.5. The predicted molar refractivity (Wildman–Crippen MR) is 119 cm³/mol. The fourth-order valence-electron chi connectivity index (χ4n) is 3.70. The van der Waals surface area contributed by atoms with E-state index in [0.29, 0.717) is 23.0 Å². The number of amides is 3. The molecule has 2 aliphatic heterocycles. The number of benzene rings is 2. The molecule has 2 heterocycles. The molecule has 166 valence electrons. The van der Waals surface area contributed by atoms with Crippen LogP contribution in [0.4, 0.5) is 11.4 Å². The van der Waals surface area contributed by atoms with Crippen LogP contribution in [-0.2, 0) is 14.4 Å². The van der Waals surface area contributed by atoms with Crippen molar-refractivity contribution in [3.63, 3.8) is 0 Å². The van der Waals surface area contributed by atoms with Crippen molar-refractivity contribution in [3.8, 4) is 5.75 Å². The van der Waals surface area contributed by atoms with E-state index in [0.717, 1.165) is 10.5 Å². The highest BCUT2D eigenvalue weighted by Crippen LogP contribution is 2.35. The molecule has 0 aliphatic carbocycles. The number of ether oxygens (including phenoxy) is 1. The van der Waals surface area contributed by atoms with Gasteiger partial charge in [0.1, 0.15) is 12.3 Å². The van der Waals surface area contributed by atoms with Crippen molar-refractivity contribution in [2.24, 2.45) is 10.3 Å². The molecule has 2 aromatic rings. The number of halogens is 1. The van der Waals surface area contributed by atoms with E-state index in [2.05, 4.69) is 29.5 Å². The molecule has 1 saturated heterocycles. The summed E-state index contributed by atoms with van der Waals surface area (Å²) in [6, 6.07) is 10.2. The molecule has 4 rings (SSSR count). The Morgan fingerprint density at radius 1 is 1.16 bits per heavy atom. The zero-order valence-electron chi connectivity index (χ0n) is 17.8. The van der Waals surface area contributed by atoms with Gasteiger partial charge in [-0.1, -0.05) is 42.8 Å². The number of carbonyl (C=O) groups excluding carboxylic acids is 3. The van der Waals surface area contributed by atoms with E-state index in [1.54, 1.807) is 12.1 Å². The number of hydrogen-bond donors (Lipinski definition) is 1. The van der Waals surface area contributed by atoms with Crippen LogP contribution < -0.4 is 15.0 Å². The van der Waals surface area contributed by atoms with Crippen molar-refractivity contribution < 1.29 is 19.1 Å². The van der Waals surface area contributed by atoms with Crippen LogP contribution in [0.25, 0.3) is 0 Å². The Bertz CT molecular complexity index is 1100. The fourth-order valence-corrected chi connectivity index (χ4v) is 3.95. The van der Waals surface area contributed by atoms with E-state index in [1.165, 1.54) is 18.2 Å². The number of carbonyl (C=O) groups is 3. The van der Waals surface area contributed by atoms with Gasteiger partial charge in [-0.2, -0.15) is 5.11 Å². The maximum absolute atomic E-state index is 13.1. The van der Waals surface area contributed by atoms with E-state index in [9.17, 15) is 14.4 Å². The fraction of sp³-hybridized carbons (Fsp3) is 0.318. The number of methoxy groups -OCH3 is 1. The Balaban J connectivity index is 1.46. The molecule has 32 heavy (non-hydrogen) atoms. The Hall–Kier alpha value is -3.46. The predicted octanol–water partition coefficient (Wildman–Crippen LogP) is 3.40. The van der Waals surface area contributed by atoms with Crippen LogP contribution in [-0.4, -0.2) is 48.5 Å². The molecule has 2 aromatic carbocycles. The molecule has 0 saturated carbocycles. The van der Waals surface area contributed by atoms with Crippen LogP contribution in [0.1, 0.15) is 25.3 Å². The Morgan fingerprint density at radius 2 is 1.88 bits per heavy atom. The van der Waals surface area contributed by atoms with Gasteiger partial charge in [-0.15, -0.1) is 0 Å². The highest BCUT2D eigenvalue weighted by Gasteiger charge is 2.55. The highest BCUT2D eigenvalue weighted by molar-refractivity contribution is 6.33. The van der Waals surface area contributed by atoms with Gasteiger partial charge in [0.25, 0.3) is 11.8 Å². The smallest absolute Gasteiger partial charge is 0.263 e. The molecule has 10 heteroatoms. The summed E-state index contributed by atoms with van der Waals surface area (Å²) in [6.45, 7) is 3.96. The van der Waals surface area contributed by atoms with E-state index < -0.39 is 23.9 Å². The topological polar surface area (TPSA) is 104 Å². The second-order valence-electron chi connectivity index (χ2n) is 7.85. The Morgan fingerprint density at radius 3 is 2.50 bits per heavy atom. The van der Waals surface area contributed by atoms with Gasteiger partial charge in [0.05, 0.1) is 17.8 Å². The van der Waals surface area contributed by atoms with Gasteiger partial charge in [-0.3, -0.25) is 19.4 Å². The summed E-state index contributed by atoms with van der Waals surface area (Å²) < 4.78 is 5.11. The molecule has 2 aliphatic rings. The second kappa shape index (κ2) is 8.58. The lowest BCUT2D eigenvalue weighted by atomic mass is 10.0. The summed E-state index contributed by atoms with van der Waals surface area (Å²) >= 11 is 6.15. The Labute approximate surface area is 190 Å². The summed E-state index contributed by atoms with van der Waals surface area (Å²) in [7, 11) is 1.47. The first-order chi connectivity index (χ1) is 15.3. The molecule has 2 atom stereocenters. The lowest BCUT2D eigenvalue weighted by Crippen LogP contribution is -2.43. The van der Waals surface area contributed by atoms with Crippen LogP contribution >= 0.6 is 11.6 Å². The normalized spacial score (nSPS) is 19.7. The molecule has 0 bridgehead atoms. The van der Waals surface area contributed by atoms with E-state index in [-0.39, 0.29) is 17.5 Å². The molecular formula is C22H22ClN5O4. The molecule has 0 spiro atoms. The molecule has 1 N–H and O–H groups in total. The first-order valence-electron chi connectivity index (χ1n) is 10.1. The minimum absolute atomic E-state index is 0.215. The number of imide groups is 1. The summed E-state index contributed by atoms with van der Waals surface area (Å²) in [4.78, 5) is 39.4. The van der Waals surface area contributed by atoms with Crippen molar-refractivity contribution in [3.05, 3.63) is 53.1 Å². The van der Waals surface area contributed by atoms with Crippen LogP contribution in [0.2, 0.25) is 5.02 Å². The van der Waals surface area contributed by atoms with Crippen molar-refractivity contribution >= 4 is 40.7 Å². The number of hydrogen-bond acceptors (Lipinski definition) is 7. The zero-order valence-corrected chi connectivity index (χ0v) is 18.5. The SMILES string of the molecule is COc1ccc(N2C(=O)[C@@H]3N=NN(CC(=O)Nc4ccc(C(C)C)cc4)[C@H]3C2=O)cc1Cl. The van der Waals surface area contributed by atoms with Gasteiger partial charge in [0, 0.05) is 5.69 Å². The lowest BCUT2D eigenvalue weighted by Gasteiger charge is -2.20. The largest absolute Gasteiger partial charge is 0.495 e. The van der Waals surface area contributed by atoms with Gasteiger partial charge < -0.3 is 10.1 Å². The van der Waals surface area contributed by atoms with Crippen molar-refractivity contribution in [2.45, 2.75) is 31.8 Å². The number of rotatable bonds is 6. The molecule has 0 aromatic heterocycles. The zero-order chi connectivity index (χ0) is 23.0. The number of fused-ring (bicyclic) bond motifs is 1. The molecule has 1 fully saturated rings. The van der Waals surface area contributed by atoms with E-state index in [4.69, 9.17) is 16.3 Å². The maximum Gasteiger partial charge on any atom is 0.263 e. The second-order valence-corrected chi connectivity index (χ2v) is 8.25. The van der Waals surface area contributed by atoms with Crippen LogP contribution in [0, 0.1) is 0 Å². The Kier molecular flexibility index (Phi) is 5.84. The van der Waals surface area contributed by atoms with Crippen LogP contribution in [0.5, 0.6) is 5.75 Å². The van der Waals surface area contributed by atoms with Gasteiger partial charge >= 0.3 is 0 Å². The number of nitrogens with zero attached hydrogens (tertiary/aromatic N) is 4. The van der Waals surface area contributed by atoms with Gasteiger partial charge in [0.15, 0.2) is 12.1 Å². The molecule has 9 nitrogen and oxygen atoms in total. The number of anilines is 2.